The Bertz CT molecular complexity index is 1630. The summed E-state index contributed by atoms with van der Waals surface area (Å²) in [6.07, 6.45) is 1.69. The largest absolute Gasteiger partial charge is 0.454 e. The van der Waals surface area contributed by atoms with E-state index in [9.17, 15) is 9.18 Å². The van der Waals surface area contributed by atoms with Crippen molar-refractivity contribution in [2.24, 2.45) is 0 Å². The molecule has 0 amide bonds. The first-order valence-corrected chi connectivity index (χ1v) is 13.7. The molecule has 5 aromatic rings. The lowest BCUT2D eigenvalue weighted by Crippen LogP contribution is -2.32. The number of aromatic amines is 1. The first-order chi connectivity index (χ1) is 19.1. The summed E-state index contributed by atoms with van der Waals surface area (Å²) in [5, 5.41) is 15.6. The summed E-state index contributed by atoms with van der Waals surface area (Å²) in [6.45, 7) is 3.73. The molecular formula is C28H27FN6O3S. The van der Waals surface area contributed by atoms with E-state index in [0.29, 0.717) is 48.0 Å². The topological polar surface area (TPSA) is 98.2 Å². The Morgan fingerprint density at radius 3 is 2.72 bits per heavy atom. The number of halogens is 1. The third-order valence-corrected chi connectivity index (χ3v) is 7.69. The number of hydrogen-bond acceptors (Lipinski definition) is 8. The van der Waals surface area contributed by atoms with E-state index >= 15 is 0 Å². The molecule has 200 valence electrons. The summed E-state index contributed by atoms with van der Waals surface area (Å²) in [4.78, 5) is 19.7. The maximum atomic E-state index is 13.5. The molecule has 0 radical (unpaired) electrons. The number of tetrazole rings is 1. The summed E-state index contributed by atoms with van der Waals surface area (Å²) in [6, 6.07) is 15.9. The molecule has 2 aromatic carbocycles. The van der Waals surface area contributed by atoms with Crippen LogP contribution in [0.15, 0.2) is 64.8 Å². The summed E-state index contributed by atoms with van der Waals surface area (Å²) < 4.78 is 26.2. The van der Waals surface area contributed by atoms with Gasteiger partial charge in [0.25, 0.3) is 5.56 Å². The Balaban J connectivity index is 1.36. The highest BCUT2D eigenvalue weighted by atomic mass is 32.1. The van der Waals surface area contributed by atoms with Gasteiger partial charge in [-0.25, -0.2) is 9.07 Å². The highest BCUT2D eigenvalue weighted by molar-refractivity contribution is 7.09. The van der Waals surface area contributed by atoms with Gasteiger partial charge < -0.3 is 14.5 Å². The van der Waals surface area contributed by atoms with Crippen molar-refractivity contribution in [3.63, 3.8) is 0 Å². The van der Waals surface area contributed by atoms with Crippen LogP contribution in [0.5, 0.6) is 11.5 Å². The molecular weight excluding hydrogens is 519 g/mol. The molecule has 0 unspecified atom stereocenters. The van der Waals surface area contributed by atoms with Gasteiger partial charge in [-0.2, -0.15) is 0 Å². The second-order valence-electron chi connectivity index (χ2n) is 9.53. The van der Waals surface area contributed by atoms with Crippen LogP contribution in [0.3, 0.4) is 0 Å². The number of thiophene rings is 1. The maximum absolute atomic E-state index is 13.5. The molecule has 0 aliphatic carbocycles. The average Bonchev–Trinajstić information content (AvgIpc) is 3.70. The molecule has 1 N–H and O–H groups in total. The van der Waals surface area contributed by atoms with Crippen molar-refractivity contribution in [3.8, 4) is 11.5 Å². The minimum Gasteiger partial charge on any atom is -0.454 e. The van der Waals surface area contributed by atoms with Crippen molar-refractivity contribution in [1.82, 2.24) is 30.1 Å². The standard InChI is InChI=1S/C28H27FN6O3S/c1-2-4-24(27-31-32-33-35(27)14-18-6-8-21(29)9-7-18)34(16-22-5-3-10-39-22)15-20-11-19-12-25-26(38-17-37-25)13-23(19)30-28(20)36/h3,5-13,24H,2,4,14-17H2,1H3,(H,30,36)/t24-/m1/s1. The van der Waals surface area contributed by atoms with Crippen molar-refractivity contribution < 1.29 is 13.9 Å². The molecule has 1 aliphatic heterocycles. The Kier molecular flexibility index (Phi) is 7.08. The molecule has 1 atom stereocenters. The fourth-order valence-corrected chi connectivity index (χ4v) is 5.66. The average molecular weight is 547 g/mol. The second-order valence-corrected chi connectivity index (χ2v) is 10.6. The van der Waals surface area contributed by atoms with Gasteiger partial charge in [0.1, 0.15) is 5.82 Å². The van der Waals surface area contributed by atoms with Crippen LogP contribution in [0, 0.1) is 5.82 Å². The zero-order valence-corrected chi connectivity index (χ0v) is 22.2. The fourth-order valence-electron chi connectivity index (χ4n) is 4.93. The molecule has 1 aliphatic rings. The molecule has 0 saturated heterocycles. The summed E-state index contributed by atoms with van der Waals surface area (Å²) in [5.74, 6) is 1.71. The van der Waals surface area contributed by atoms with Gasteiger partial charge in [-0.1, -0.05) is 31.5 Å². The number of nitrogens with one attached hydrogen (secondary N) is 1. The Labute approximate surface area is 227 Å². The number of rotatable bonds is 10. The molecule has 39 heavy (non-hydrogen) atoms. The molecule has 11 heteroatoms. The summed E-state index contributed by atoms with van der Waals surface area (Å²) >= 11 is 1.67. The SMILES string of the molecule is CCC[C@H](c1nnnn1Cc1ccc(F)cc1)N(Cc1cccs1)Cc1cc2cc3c(cc2[nH]c1=O)OCO3. The first kappa shape index (κ1) is 25.2. The van der Waals surface area contributed by atoms with E-state index in [1.165, 1.54) is 17.0 Å². The lowest BCUT2D eigenvalue weighted by Gasteiger charge is -2.30. The van der Waals surface area contributed by atoms with Crippen LogP contribution in [0.25, 0.3) is 10.9 Å². The van der Waals surface area contributed by atoms with E-state index in [1.54, 1.807) is 34.2 Å². The van der Waals surface area contributed by atoms with Gasteiger partial charge in [-0.15, -0.1) is 16.4 Å². The predicted octanol–water partition coefficient (Wildman–Crippen LogP) is 5.04. The minimum atomic E-state index is -0.286. The molecule has 3 aromatic heterocycles. The van der Waals surface area contributed by atoms with Gasteiger partial charge in [-0.05, 0) is 58.1 Å². The van der Waals surface area contributed by atoms with E-state index in [1.807, 2.05) is 23.6 Å². The van der Waals surface area contributed by atoms with E-state index < -0.39 is 0 Å². The number of ether oxygens (including phenoxy) is 2. The molecule has 0 saturated carbocycles. The first-order valence-electron chi connectivity index (χ1n) is 12.8. The monoisotopic (exact) mass is 546 g/mol. The molecule has 0 bridgehead atoms. The molecule has 4 heterocycles. The van der Waals surface area contributed by atoms with Gasteiger partial charge in [0.05, 0.1) is 18.1 Å². The zero-order valence-electron chi connectivity index (χ0n) is 21.3. The highest BCUT2D eigenvalue weighted by Gasteiger charge is 2.27. The third kappa shape index (κ3) is 5.41. The Morgan fingerprint density at radius 1 is 1.13 bits per heavy atom. The highest BCUT2D eigenvalue weighted by Crippen LogP contribution is 2.35. The maximum Gasteiger partial charge on any atom is 0.252 e. The predicted molar refractivity (Wildman–Crippen MR) is 145 cm³/mol. The van der Waals surface area contributed by atoms with Crippen LogP contribution in [0.4, 0.5) is 4.39 Å². The van der Waals surface area contributed by atoms with Crippen LogP contribution in [-0.4, -0.2) is 36.9 Å². The van der Waals surface area contributed by atoms with Crippen molar-refractivity contribution >= 4 is 22.2 Å². The van der Waals surface area contributed by atoms with E-state index in [2.05, 4.69) is 38.4 Å². The van der Waals surface area contributed by atoms with Crippen molar-refractivity contribution in [1.29, 1.82) is 0 Å². The number of aromatic nitrogens is 5. The van der Waals surface area contributed by atoms with Gasteiger partial charge in [-0.3, -0.25) is 9.69 Å². The van der Waals surface area contributed by atoms with Gasteiger partial charge in [0.2, 0.25) is 6.79 Å². The number of fused-ring (bicyclic) bond motifs is 2. The Morgan fingerprint density at radius 2 is 1.95 bits per heavy atom. The summed E-state index contributed by atoms with van der Waals surface area (Å²) in [7, 11) is 0. The summed E-state index contributed by atoms with van der Waals surface area (Å²) in [5.41, 5.74) is 2.08. The number of benzene rings is 2. The van der Waals surface area contributed by atoms with Crippen LogP contribution in [0.1, 0.15) is 47.6 Å². The Hall–Kier alpha value is -4.09. The number of pyridine rings is 1. The quantitative estimate of drug-likeness (QED) is 0.262. The van der Waals surface area contributed by atoms with Crippen LogP contribution in [-0.2, 0) is 19.6 Å². The van der Waals surface area contributed by atoms with Crippen LogP contribution in [0.2, 0.25) is 0 Å². The normalized spacial score (nSPS) is 13.4. The van der Waals surface area contributed by atoms with Crippen LogP contribution < -0.4 is 15.0 Å². The van der Waals surface area contributed by atoms with Crippen molar-refractivity contribution in [2.75, 3.05) is 6.79 Å². The number of nitrogens with zero attached hydrogens (tertiary/aromatic N) is 5. The lowest BCUT2D eigenvalue weighted by molar-refractivity contribution is 0.157. The third-order valence-electron chi connectivity index (χ3n) is 6.83. The second kappa shape index (κ2) is 11.0. The zero-order chi connectivity index (χ0) is 26.8. The van der Waals surface area contributed by atoms with Crippen LogP contribution >= 0.6 is 11.3 Å². The van der Waals surface area contributed by atoms with Crippen molar-refractivity contribution in [2.45, 2.75) is 45.4 Å². The van der Waals surface area contributed by atoms with E-state index in [4.69, 9.17) is 9.47 Å². The lowest BCUT2D eigenvalue weighted by atomic mass is 10.1. The van der Waals surface area contributed by atoms with E-state index in [-0.39, 0.29) is 24.2 Å². The minimum absolute atomic E-state index is 0.153. The van der Waals surface area contributed by atoms with Crippen molar-refractivity contribution in [3.05, 3.63) is 98.0 Å². The van der Waals surface area contributed by atoms with Gasteiger partial charge >= 0.3 is 0 Å². The molecule has 0 fully saturated rings. The number of hydrogen-bond donors (Lipinski definition) is 1. The molecule has 0 spiro atoms. The molecule has 9 nitrogen and oxygen atoms in total. The van der Waals surface area contributed by atoms with Gasteiger partial charge in [0.15, 0.2) is 17.3 Å². The van der Waals surface area contributed by atoms with E-state index in [0.717, 1.165) is 23.8 Å². The molecule has 6 rings (SSSR count). The smallest absolute Gasteiger partial charge is 0.252 e. The number of H-pyrrole nitrogens is 1. The van der Waals surface area contributed by atoms with Gasteiger partial charge in [0, 0.05) is 35.0 Å². The fraction of sp³-hybridized carbons (Fsp3) is 0.286.